The van der Waals surface area contributed by atoms with Crippen LogP contribution in [-0.2, 0) is 4.79 Å². The molecule has 0 aliphatic rings. The van der Waals surface area contributed by atoms with E-state index in [1.165, 1.54) is 67.8 Å². The van der Waals surface area contributed by atoms with Crippen molar-refractivity contribution in [3.05, 3.63) is 105 Å². The number of ether oxygens (including phenoxy) is 1. The predicted octanol–water partition coefficient (Wildman–Crippen LogP) is 4.81. The quantitative estimate of drug-likeness (QED) is 0.293. The standard InChI is InChI=1S/C23H17ClFN3O5/c1-33-18-9-10-19(20(24)13-18)22(29)27-21(12-14-3-2-4-17(11-14)28(31)32)23(30)26-16-7-5-15(25)6-8-16/h2-13H,1H3,(H,26,30)(H,27,29)/b21-12+. The number of hydrogen-bond donors (Lipinski definition) is 2. The molecule has 3 aromatic rings. The summed E-state index contributed by atoms with van der Waals surface area (Å²) in [6.07, 6.45) is 1.28. The normalized spacial score (nSPS) is 10.9. The van der Waals surface area contributed by atoms with Crippen molar-refractivity contribution in [2.24, 2.45) is 0 Å². The zero-order chi connectivity index (χ0) is 24.0. The van der Waals surface area contributed by atoms with Crippen LogP contribution < -0.4 is 15.4 Å². The van der Waals surface area contributed by atoms with Gasteiger partial charge in [0.25, 0.3) is 17.5 Å². The van der Waals surface area contributed by atoms with E-state index in [0.29, 0.717) is 11.3 Å². The summed E-state index contributed by atoms with van der Waals surface area (Å²) in [6, 6.07) is 14.9. The molecule has 0 radical (unpaired) electrons. The number of methoxy groups -OCH3 is 1. The van der Waals surface area contributed by atoms with Crippen molar-refractivity contribution in [2.45, 2.75) is 0 Å². The number of halogens is 2. The highest BCUT2D eigenvalue weighted by Gasteiger charge is 2.18. The lowest BCUT2D eigenvalue weighted by Crippen LogP contribution is -2.31. The van der Waals surface area contributed by atoms with E-state index in [-0.39, 0.29) is 27.7 Å². The number of carbonyl (C=O) groups is 2. The Morgan fingerprint density at radius 3 is 2.45 bits per heavy atom. The molecule has 3 rings (SSSR count). The number of hydrogen-bond acceptors (Lipinski definition) is 5. The Hall–Kier alpha value is -4.24. The molecule has 0 aliphatic carbocycles. The minimum atomic E-state index is -0.730. The van der Waals surface area contributed by atoms with Crippen LogP contribution in [0, 0.1) is 15.9 Å². The molecule has 0 atom stereocenters. The van der Waals surface area contributed by atoms with E-state index < -0.39 is 22.6 Å². The van der Waals surface area contributed by atoms with Crippen LogP contribution in [0.5, 0.6) is 5.75 Å². The summed E-state index contributed by atoms with van der Waals surface area (Å²) in [4.78, 5) is 36.2. The molecule has 10 heteroatoms. The second kappa shape index (κ2) is 10.4. The third-order valence-corrected chi connectivity index (χ3v) is 4.72. The molecule has 0 fully saturated rings. The highest BCUT2D eigenvalue weighted by Crippen LogP contribution is 2.23. The minimum Gasteiger partial charge on any atom is -0.497 e. The number of rotatable bonds is 7. The second-order valence-corrected chi connectivity index (χ2v) is 7.08. The smallest absolute Gasteiger partial charge is 0.272 e. The van der Waals surface area contributed by atoms with Crippen LogP contribution in [0.2, 0.25) is 5.02 Å². The Morgan fingerprint density at radius 1 is 1.09 bits per heavy atom. The van der Waals surface area contributed by atoms with Gasteiger partial charge in [-0.05, 0) is 54.1 Å². The molecule has 2 N–H and O–H groups in total. The molecular formula is C23H17ClFN3O5. The summed E-state index contributed by atoms with van der Waals surface area (Å²) < 4.78 is 18.2. The van der Waals surface area contributed by atoms with E-state index in [0.717, 1.165) is 12.1 Å². The number of carbonyl (C=O) groups excluding carboxylic acids is 2. The lowest BCUT2D eigenvalue weighted by atomic mass is 10.1. The number of anilines is 1. The van der Waals surface area contributed by atoms with Gasteiger partial charge in [-0.2, -0.15) is 0 Å². The summed E-state index contributed by atoms with van der Waals surface area (Å²) in [5.74, 6) is -1.46. The maximum absolute atomic E-state index is 13.2. The van der Waals surface area contributed by atoms with Gasteiger partial charge in [0.1, 0.15) is 17.3 Å². The number of non-ortho nitro benzene ring substituents is 1. The highest BCUT2D eigenvalue weighted by molar-refractivity contribution is 6.34. The van der Waals surface area contributed by atoms with Crippen molar-refractivity contribution < 1.29 is 23.6 Å². The van der Waals surface area contributed by atoms with Gasteiger partial charge >= 0.3 is 0 Å². The van der Waals surface area contributed by atoms with E-state index in [4.69, 9.17) is 16.3 Å². The van der Waals surface area contributed by atoms with Gasteiger partial charge in [-0.15, -0.1) is 0 Å². The van der Waals surface area contributed by atoms with Crippen LogP contribution in [0.15, 0.2) is 72.4 Å². The Morgan fingerprint density at radius 2 is 1.82 bits per heavy atom. The largest absolute Gasteiger partial charge is 0.497 e. The fraction of sp³-hybridized carbons (Fsp3) is 0.0435. The van der Waals surface area contributed by atoms with Crippen LogP contribution in [0.1, 0.15) is 15.9 Å². The average molecular weight is 470 g/mol. The fourth-order valence-electron chi connectivity index (χ4n) is 2.78. The van der Waals surface area contributed by atoms with Crippen LogP contribution in [0.25, 0.3) is 6.08 Å². The molecule has 0 saturated carbocycles. The molecule has 2 amide bonds. The van der Waals surface area contributed by atoms with Gasteiger partial charge in [0.05, 0.1) is 22.6 Å². The first-order valence-corrected chi connectivity index (χ1v) is 9.82. The molecule has 0 saturated heterocycles. The van der Waals surface area contributed by atoms with E-state index >= 15 is 0 Å². The number of nitro benzene ring substituents is 1. The summed E-state index contributed by atoms with van der Waals surface area (Å²) in [5.41, 5.74) is 0.262. The molecule has 168 valence electrons. The molecule has 8 nitrogen and oxygen atoms in total. The zero-order valence-electron chi connectivity index (χ0n) is 17.2. The van der Waals surface area contributed by atoms with Gasteiger partial charge in [0.2, 0.25) is 0 Å². The summed E-state index contributed by atoms with van der Waals surface area (Å²) >= 11 is 6.16. The lowest BCUT2D eigenvalue weighted by Gasteiger charge is -2.12. The second-order valence-electron chi connectivity index (χ2n) is 6.67. The third kappa shape index (κ3) is 6.14. The van der Waals surface area contributed by atoms with Gasteiger partial charge in [-0.25, -0.2) is 4.39 Å². The molecule has 0 aromatic heterocycles. The minimum absolute atomic E-state index is 0.0805. The van der Waals surface area contributed by atoms with Crippen LogP contribution in [-0.4, -0.2) is 23.8 Å². The molecule has 0 heterocycles. The Bertz CT molecular complexity index is 1250. The average Bonchev–Trinajstić information content (AvgIpc) is 2.80. The maximum Gasteiger partial charge on any atom is 0.272 e. The maximum atomic E-state index is 13.2. The van der Waals surface area contributed by atoms with Crippen molar-refractivity contribution >= 4 is 40.9 Å². The molecule has 0 aliphatic heterocycles. The van der Waals surface area contributed by atoms with Crippen molar-refractivity contribution in [3.8, 4) is 5.75 Å². The Labute approximate surface area is 192 Å². The zero-order valence-corrected chi connectivity index (χ0v) is 17.9. The van der Waals surface area contributed by atoms with Gasteiger partial charge in [-0.1, -0.05) is 23.7 Å². The molecule has 0 unspecified atom stereocenters. The molecule has 33 heavy (non-hydrogen) atoms. The number of amides is 2. The van der Waals surface area contributed by atoms with E-state index in [2.05, 4.69) is 10.6 Å². The number of nitrogens with one attached hydrogen (secondary N) is 2. The molecule has 0 bridgehead atoms. The van der Waals surface area contributed by atoms with E-state index in [9.17, 15) is 24.1 Å². The summed E-state index contributed by atoms with van der Waals surface area (Å²) in [6.45, 7) is 0. The molecule has 0 spiro atoms. The summed E-state index contributed by atoms with van der Waals surface area (Å²) in [7, 11) is 1.45. The Kier molecular flexibility index (Phi) is 7.37. The Balaban J connectivity index is 1.94. The van der Waals surface area contributed by atoms with Gasteiger partial charge in [0, 0.05) is 17.8 Å². The van der Waals surface area contributed by atoms with Gasteiger partial charge in [0.15, 0.2) is 0 Å². The van der Waals surface area contributed by atoms with E-state index in [1.54, 1.807) is 0 Å². The highest BCUT2D eigenvalue weighted by atomic mass is 35.5. The predicted molar refractivity (Wildman–Crippen MR) is 122 cm³/mol. The van der Waals surface area contributed by atoms with Crippen LogP contribution in [0.3, 0.4) is 0 Å². The van der Waals surface area contributed by atoms with Crippen molar-refractivity contribution in [1.29, 1.82) is 0 Å². The van der Waals surface area contributed by atoms with E-state index in [1.807, 2.05) is 0 Å². The number of benzene rings is 3. The third-order valence-electron chi connectivity index (χ3n) is 4.41. The lowest BCUT2D eigenvalue weighted by molar-refractivity contribution is -0.384. The topological polar surface area (TPSA) is 111 Å². The van der Waals surface area contributed by atoms with Crippen LogP contribution >= 0.6 is 11.6 Å². The first kappa shape index (κ1) is 23.4. The number of nitrogens with zero attached hydrogens (tertiary/aromatic N) is 1. The van der Waals surface area contributed by atoms with Gasteiger partial charge < -0.3 is 15.4 Å². The van der Waals surface area contributed by atoms with Crippen molar-refractivity contribution in [3.63, 3.8) is 0 Å². The van der Waals surface area contributed by atoms with Crippen molar-refractivity contribution in [1.82, 2.24) is 5.32 Å². The monoisotopic (exact) mass is 469 g/mol. The molecular weight excluding hydrogens is 453 g/mol. The van der Waals surface area contributed by atoms with Crippen molar-refractivity contribution in [2.75, 3.05) is 12.4 Å². The van der Waals surface area contributed by atoms with Gasteiger partial charge in [-0.3, -0.25) is 19.7 Å². The first-order chi connectivity index (χ1) is 15.8. The summed E-state index contributed by atoms with van der Waals surface area (Å²) in [5, 5.41) is 16.2. The number of nitro groups is 1. The molecule has 3 aromatic carbocycles. The SMILES string of the molecule is COc1ccc(C(=O)N/C(=C/c2cccc([N+](=O)[O-])c2)C(=O)Nc2ccc(F)cc2)c(Cl)c1. The fourth-order valence-corrected chi connectivity index (χ4v) is 3.04. The first-order valence-electron chi connectivity index (χ1n) is 9.45. The van der Waals surface area contributed by atoms with Crippen LogP contribution in [0.4, 0.5) is 15.8 Å².